The number of ether oxygens (including phenoxy) is 1. The van der Waals surface area contributed by atoms with E-state index in [2.05, 4.69) is 110 Å². The largest absolute Gasteiger partial charge is 0.444 e. The normalized spacial score (nSPS) is 14.2. The Morgan fingerprint density at radius 3 is 1.93 bits per heavy atom. The molecule has 0 aliphatic rings. The molecule has 0 aliphatic heterocycles. The summed E-state index contributed by atoms with van der Waals surface area (Å²) >= 11 is 1.70. The van der Waals surface area contributed by atoms with Crippen LogP contribution in [-0.4, -0.2) is 31.6 Å². The molecule has 4 aromatic rings. The highest BCUT2D eigenvalue weighted by Gasteiger charge is 2.32. The molecule has 0 bridgehead atoms. The number of aromatic nitrogens is 4. The van der Waals surface area contributed by atoms with Crippen LogP contribution in [0, 0.1) is 10.8 Å². The highest BCUT2D eigenvalue weighted by atomic mass is 32.1. The number of amides is 1. The number of hydrogen-bond acceptors (Lipinski definition) is 5. The Labute approximate surface area is 242 Å². The first-order valence-electron chi connectivity index (χ1n) is 13.8. The van der Waals surface area contributed by atoms with E-state index < -0.39 is 11.7 Å². The van der Waals surface area contributed by atoms with Crippen LogP contribution < -0.4 is 5.32 Å². The van der Waals surface area contributed by atoms with Crippen molar-refractivity contribution in [1.29, 1.82) is 0 Å². The van der Waals surface area contributed by atoms with Crippen molar-refractivity contribution in [3.63, 3.8) is 0 Å². The van der Waals surface area contributed by atoms with Gasteiger partial charge in [-0.3, -0.25) is 0 Å². The second-order valence-electron chi connectivity index (χ2n) is 13.6. The highest BCUT2D eigenvalue weighted by Crippen LogP contribution is 2.38. The van der Waals surface area contributed by atoms with Crippen LogP contribution in [0.25, 0.3) is 32.3 Å². The lowest BCUT2D eigenvalue weighted by atomic mass is 9.82. The fraction of sp³-hybridized carbons (Fsp3) is 0.469. The van der Waals surface area contributed by atoms with Crippen LogP contribution >= 0.6 is 11.3 Å². The van der Waals surface area contributed by atoms with Crippen LogP contribution in [0.4, 0.5) is 4.79 Å². The van der Waals surface area contributed by atoms with Crippen molar-refractivity contribution >= 4 is 17.4 Å². The zero-order valence-corrected chi connectivity index (χ0v) is 26.2. The summed E-state index contributed by atoms with van der Waals surface area (Å²) in [6, 6.07) is 12.5. The van der Waals surface area contributed by atoms with E-state index in [9.17, 15) is 4.79 Å². The monoisotopic (exact) mass is 561 g/mol. The van der Waals surface area contributed by atoms with Gasteiger partial charge in [0.25, 0.3) is 0 Å². The van der Waals surface area contributed by atoms with Crippen LogP contribution in [0.2, 0.25) is 0 Å². The third-order valence-electron chi connectivity index (χ3n) is 7.05. The van der Waals surface area contributed by atoms with Gasteiger partial charge in [-0.2, -0.15) is 0 Å². The van der Waals surface area contributed by atoms with E-state index in [1.54, 1.807) is 11.3 Å². The maximum absolute atomic E-state index is 12.5. The molecule has 8 heteroatoms. The maximum atomic E-state index is 12.5. The van der Waals surface area contributed by atoms with Crippen molar-refractivity contribution in [2.45, 2.75) is 86.8 Å². The molecule has 0 radical (unpaired) electrons. The van der Waals surface area contributed by atoms with Crippen molar-refractivity contribution in [1.82, 2.24) is 25.3 Å². The van der Waals surface area contributed by atoms with Gasteiger partial charge >= 0.3 is 6.09 Å². The fourth-order valence-electron chi connectivity index (χ4n) is 4.29. The quantitative estimate of drug-likeness (QED) is 0.219. The van der Waals surface area contributed by atoms with E-state index in [1.165, 1.54) is 4.88 Å². The minimum atomic E-state index is -0.571. The van der Waals surface area contributed by atoms with Crippen LogP contribution in [0.3, 0.4) is 0 Å². The maximum Gasteiger partial charge on any atom is 0.408 e. The molecule has 1 aromatic carbocycles. The van der Waals surface area contributed by atoms with Gasteiger partial charge in [-0.25, -0.2) is 14.8 Å². The molecule has 0 spiro atoms. The van der Waals surface area contributed by atoms with Gasteiger partial charge in [0.05, 0.1) is 34.7 Å². The third kappa shape index (κ3) is 7.02. The van der Waals surface area contributed by atoms with E-state index in [-0.39, 0.29) is 16.9 Å². The lowest BCUT2D eigenvalue weighted by Crippen LogP contribution is -2.40. The van der Waals surface area contributed by atoms with E-state index in [0.29, 0.717) is 11.7 Å². The van der Waals surface area contributed by atoms with Crippen molar-refractivity contribution in [2.24, 2.45) is 10.8 Å². The number of aromatic amines is 2. The van der Waals surface area contributed by atoms with Gasteiger partial charge in [0.2, 0.25) is 0 Å². The number of carbonyl (C=O) groups excluding carboxylic acids is 1. The Morgan fingerprint density at radius 2 is 1.32 bits per heavy atom. The topological polar surface area (TPSA) is 95.7 Å². The fourth-order valence-corrected chi connectivity index (χ4v) is 5.27. The van der Waals surface area contributed by atoms with Crippen molar-refractivity contribution < 1.29 is 9.53 Å². The smallest absolute Gasteiger partial charge is 0.408 e. The zero-order chi connectivity index (χ0) is 29.5. The predicted octanol–water partition coefficient (Wildman–Crippen LogP) is 8.96. The molecule has 214 valence electrons. The Hall–Kier alpha value is -3.39. The number of nitrogens with zero attached hydrogens (tertiary/aromatic N) is 2. The van der Waals surface area contributed by atoms with E-state index >= 15 is 0 Å². The molecule has 0 saturated heterocycles. The molecule has 2 atom stereocenters. The number of carbonyl (C=O) groups is 1. The van der Waals surface area contributed by atoms with Gasteiger partial charge in [-0.15, -0.1) is 11.3 Å². The number of imidazole rings is 2. The van der Waals surface area contributed by atoms with Crippen LogP contribution in [0.1, 0.15) is 92.8 Å². The average Bonchev–Trinajstić information content (AvgIpc) is 3.60. The van der Waals surface area contributed by atoms with Gasteiger partial charge in [0.1, 0.15) is 17.2 Å². The van der Waals surface area contributed by atoms with Crippen LogP contribution in [-0.2, 0) is 4.74 Å². The Morgan fingerprint density at radius 1 is 0.775 bits per heavy atom. The summed E-state index contributed by atoms with van der Waals surface area (Å²) in [5.74, 6) is 2.05. The summed E-state index contributed by atoms with van der Waals surface area (Å²) in [6.45, 7) is 20.7. The van der Waals surface area contributed by atoms with Gasteiger partial charge in [0.15, 0.2) is 0 Å². The van der Waals surface area contributed by atoms with E-state index in [1.807, 2.05) is 33.2 Å². The molecule has 3 N–H and O–H groups in total. The van der Waals surface area contributed by atoms with Gasteiger partial charge in [-0.1, -0.05) is 72.7 Å². The molecule has 0 saturated carbocycles. The zero-order valence-electron chi connectivity index (χ0n) is 25.4. The molecule has 0 unspecified atom stereocenters. The van der Waals surface area contributed by atoms with Crippen molar-refractivity contribution in [3.05, 3.63) is 60.4 Å². The Kier molecular flexibility index (Phi) is 8.05. The van der Waals surface area contributed by atoms with Crippen molar-refractivity contribution in [2.75, 3.05) is 0 Å². The first-order valence-corrected chi connectivity index (χ1v) is 14.6. The van der Waals surface area contributed by atoms with Crippen molar-refractivity contribution in [3.8, 4) is 32.3 Å². The van der Waals surface area contributed by atoms with E-state index in [0.717, 1.165) is 33.2 Å². The summed E-state index contributed by atoms with van der Waals surface area (Å²) < 4.78 is 5.49. The summed E-state index contributed by atoms with van der Waals surface area (Å²) in [6.07, 6.45) is 3.30. The number of benzene rings is 1. The number of H-pyrrole nitrogens is 2. The molecule has 3 aromatic heterocycles. The summed E-state index contributed by atoms with van der Waals surface area (Å²) in [4.78, 5) is 31.0. The minimum Gasteiger partial charge on any atom is -0.444 e. The second kappa shape index (κ2) is 10.9. The first-order chi connectivity index (χ1) is 18.5. The third-order valence-corrected chi connectivity index (χ3v) is 8.22. The Bertz CT molecular complexity index is 1440. The average molecular weight is 562 g/mol. The molecule has 1 amide bonds. The molecular weight excluding hydrogens is 518 g/mol. The van der Waals surface area contributed by atoms with E-state index in [4.69, 9.17) is 4.74 Å². The SMILES string of the molecule is C[C@H](c1ncc(-c2ccc(-c3ccc(-c4cnc([C@@H](NC(=O)OC(C)(C)C)C(C)(C)C)[nH]4)s3)cc2)[nH]1)C(C)(C)C. The summed E-state index contributed by atoms with van der Waals surface area (Å²) in [5, 5.41) is 3.00. The summed E-state index contributed by atoms with van der Waals surface area (Å²) in [7, 11) is 0. The predicted molar refractivity (Wildman–Crippen MR) is 164 cm³/mol. The van der Waals surface area contributed by atoms with Gasteiger partial charge in [-0.05, 0) is 54.9 Å². The first kappa shape index (κ1) is 29.6. The molecule has 3 heterocycles. The number of thiophene rings is 1. The minimum absolute atomic E-state index is 0.146. The highest BCUT2D eigenvalue weighted by molar-refractivity contribution is 7.18. The number of nitrogens with one attached hydrogen (secondary N) is 3. The standard InChI is InChI=1S/C32H43N5O2S/c1-19(30(2,3)4)27-33-17-22(35-27)20-11-13-21(14-12-20)24-15-16-25(40-24)23-18-34-28(36-23)26(31(5,6)7)37-29(38)39-32(8,9)10/h11-19,26H,1-10H3,(H,33,35)(H,34,36)(H,37,38)/t19-,26-/m1/s1. The molecule has 0 fully saturated rings. The molecule has 7 nitrogen and oxygen atoms in total. The number of alkyl carbamates (subject to hydrolysis) is 1. The van der Waals surface area contributed by atoms with Gasteiger partial charge < -0.3 is 20.0 Å². The summed E-state index contributed by atoms with van der Waals surface area (Å²) in [5.41, 5.74) is 3.52. The van der Waals surface area contributed by atoms with Gasteiger partial charge in [0, 0.05) is 10.8 Å². The number of hydrogen-bond donors (Lipinski definition) is 3. The number of rotatable bonds is 6. The molecular formula is C32H43N5O2S. The van der Waals surface area contributed by atoms with Crippen LogP contribution in [0.15, 0.2) is 48.8 Å². The Balaban J connectivity index is 1.50. The second-order valence-corrected chi connectivity index (χ2v) is 14.7. The molecule has 40 heavy (non-hydrogen) atoms. The lowest BCUT2D eigenvalue weighted by molar-refractivity contribution is 0.0458. The molecule has 0 aliphatic carbocycles. The molecule has 4 rings (SSSR count). The lowest BCUT2D eigenvalue weighted by Gasteiger charge is -2.31. The van der Waals surface area contributed by atoms with Crippen LogP contribution in [0.5, 0.6) is 0 Å².